The Labute approximate surface area is 208 Å². The first kappa shape index (κ1) is 23.2. The second-order valence-corrected chi connectivity index (χ2v) is 10.1. The SMILES string of the molecule is COc1ccc(C)cc1-n1c(SC(C)C(=O)N2CCc3ccccc3C2)nc2ccccc2c1=O. The molecular weight excluding hydrogens is 458 g/mol. The first-order chi connectivity index (χ1) is 17.0. The maximum Gasteiger partial charge on any atom is 0.266 e. The molecule has 0 N–H and O–H groups in total. The Hall–Kier alpha value is -3.58. The molecule has 0 bridgehead atoms. The van der Waals surface area contributed by atoms with Crippen LogP contribution in [0.3, 0.4) is 0 Å². The van der Waals surface area contributed by atoms with E-state index in [2.05, 4.69) is 12.1 Å². The van der Waals surface area contributed by atoms with Gasteiger partial charge in [-0.2, -0.15) is 0 Å². The highest BCUT2D eigenvalue weighted by molar-refractivity contribution is 8.00. The summed E-state index contributed by atoms with van der Waals surface area (Å²) in [6.07, 6.45) is 0.846. The van der Waals surface area contributed by atoms with Crippen molar-refractivity contribution in [2.24, 2.45) is 0 Å². The lowest BCUT2D eigenvalue weighted by molar-refractivity contribution is -0.131. The fourth-order valence-electron chi connectivity index (χ4n) is 4.53. The van der Waals surface area contributed by atoms with Crippen LogP contribution in [-0.4, -0.2) is 39.3 Å². The van der Waals surface area contributed by atoms with Crippen molar-refractivity contribution in [2.75, 3.05) is 13.7 Å². The number of aromatic nitrogens is 2. The van der Waals surface area contributed by atoms with E-state index in [1.54, 1.807) is 17.7 Å². The molecule has 0 spiro atoms. The third-order valence-corrected chi connectivity index (χ3v) is 7.43. The molecule has 178 valence electrons. The second kappa shape index (κ2) is 9.58. The number of para-hydroxylation sites is 1. The van der Waals surface area contributed by atoms with Gasteiger partial charge in [-0.25, -0.2) is 4.98 Å². The highest BCUT2D eigenvalue weighted by Gasteiger charge is 2.27. The highest BCUT2D eigenvalue weighted by atomic mass is 32.2. The highest BCUT2D eigenvalue weighted by Crippen LogP contribution is 2.31. The van der Waals surface area contributed by atoms with Gasteiger partial charge in [-0.15, -0.1) is 0 Å². The molecule has 0 aliphatic carbocycles. The standard InChI is InChI=1S/C28H27N3O3S/c1-18-12-13-25(34-3)24(16-18)31-27(33)22-10-6-7-11-23(22)29-28(31)35-19(2)26(32)30-15-14-20-8-4-5-9-21(20)17-30/h4-13,16,19H,14-15,17H2,1-3H3. The van der Waals surface area contributed by atoms with E-state index in [9.17, 15) is 9.59 Å². The van der Waals surface area contributed by atoms with Gasteiger partial charge in [0.1, 0.15) is 5.75 Å². The van der Waals surface area contributed by atoms with Gasteiger partial charge < -0.3 is 9.64 Å². The molecule has 1 atom stereocenters. The summed E-state index contributed by atoms with van der Waals surface area (Å²) >= 11 is 1.31. The molecule has 2 heterocycles. The molecule has 1 aliphatic heterocycles. The quantitative estimate of drug-likeness (QED) is 0.301. The third kappa shape index (κ3) is 4.44. The number of methoxy groups -OCH3 is 1. The minimum atomic E-state index is -0.421. The van der Waals surface area contributed by atoms with Gasteiger partial charge in [-0.3, -0.25) is 14.2 Å². The van der Waals surface area contributed by atoms with E-state index in [4.69, 9.17) is 9.72 Å². The fourth-order valence-corrected chi connectivity index (χ4v) is 5.53. The van der Waals surface area contributed by atoms with Crippen molar-refractivity contribution < 1.29 is 9.53 Å². The Morgan fingerprint density at radius 3 is 2.60 bits per heavy atom. The summed E-state index contributed by atoms with van der Waals surface area (Å²) in [5.41, 5.74) is 4.52. The maximum absolute atomic E-state index is 13.7. The van der Waals surface area contributed by atoms with E-state index in [1.807, 2.05) is 67.3 Å². The number of ether oxygens (including phenoxy) is 1. The van der Waals surface area contributed by atoms with E-state index in [0.717, 1.165) is 12.0 Å². The molecule has 35 heavy (non-hydrogen) atoms. The number of rotatable bonds is 5. The van der Waals surface area contributed by atoms with Gasteiger partial charge in [0.25, 0.3) is 5.56 Å². The molecule has 0 radical (unpaired) electrons. The number of amides is 1. The summed E-state index contributed by atoms with van der Waals surface area (Å²) < 4.78 is 7.16. The summed E-state index contributed by atoms with van der Waals surface area (Å²) in [5, 5.41) is 0.568. The molecule has 0 saturated heterocycles. The Balaban J connectivity index is 1.54. The van der Waals surface area contributed by atoms with Crippen LogP contribution >= 0.6 is 11.8 Å². The number of carbonyl (C=O) groups excluding carboxylic acids is 1. The maximum atomic E-state index is 13.7. The van der Waals surface area contributed by atoms with Crippen molar-refractivity contribution >= 4 is 28.6 Å². The van der Waals surface area contributed by atoms with Crippen molar-refractivity contribution in [3.05, 3.63) is 93.8 Å². The molecule has 1 amide bonds. The summed E-state index contributed by atoms with van der Waals surface area (Å²) in [7, 11) is 1.58. The van der Waals surface area contributed by atoms with Gasteiger partial charge in [0.05, 0.1) is 29.0 Å². The lowest BCUT2D eigenvalue weighted by Gasteiger charge is -2.30. The number of hydrogen-bond acceptors (Lipinski definition) is 5. The average Bonchev–Trinajstić information content (AvgIpc) is 2.88. The van der Waals surface area contributed by atoms with E-state index in [1.165, 1.54) is 22.9 Å². The Morgan fingerprint density at radius 1 is 1.06 bits per heavy atom. The van der Waals surface area contributed by atoms with Crippen molar-refractivity contribution in [1.82, 2.24) is 14.5 Å². The number of hydrogen-bond donors (Lipinski definition) is 0. The summed E-state index contributed by atoms with van der Waals surface area (Å²) in [6.45, 7) is 5.14. The largest absolute Gasteiger partial charge is 0.495 e. The predicted octanol–water partition coefficient (Wildman–Crippen LogP) is 4.77. The molecule has 4 aromatic rings. The Kier molecular flexibility index (Phi) is 6.34. The normalized spacial score (nSPS) is 14.0. The van der Waals surface area contributed by atoms with Crippen LogP contribution in [0.25, 0.3) is 16.6 Å². The van der Waals surface area contributed by atoms with Crippen molar-refractivity contribution in [3.8, 4) is 11.4 Å². The van der Waals surface area contributed by atoms with E-state index < -0.39 is 5.25 Å². The number of fused-ring (bicyclic) bond motifs is 2. The Bertz CT molecular complexity index is 1480. The first-order valence-corrected chi connectivity index (χ1v) is 12.5. The van der Waals surface area contributed by atoms with Gasteiger partial charge >= 0.3 is 0 Å². The minimum Gasteiger partial charge on any atom is -0.495 e. The van der Waals surface area contributed by atoms with Crippen molar-refractivity contribution in [1.29, 1.82) is 0 Å². The number of thioether (sulfide) groups is 1. The van der Waals surface area contributed by atoms with Gasteiger partial charge in [0.2, 0.25) is 5.91 Å². The van der Waals surface area contributed by atoms with Gasteiger partial charge in [0, 0.05) is 13.1 Å². The fraction of sp³-hybridized carbons (Fsp3) is 0.250. The second-order valence-electron chi connectivity index (χ2n) is 8.77. The summed E-state index contributed by atoms with van der Waals surface area (Å²) in [4.78, 5) is 33.8. The third-order valence-electron chi connectivity index (χ3n) is 6.39. The topological polar surface area (TPSA) is 64.4 Å². The van der Waals surface area contributed by atoms with Crippen LogP contribution in [0.4, 0.5) is 0 Å². The zero-order valence-electron chi connectivity index (χ0n) is 20.0. The van der Waals surface area contributed by atoms with Crippen LogP contribution in [0.5, 0.6) is 5.75 Å². The summed E-state index contributed by atoms with van der Waals surface area (Å²) in [5.74, 6) is 0.609. The zero-order valence-corrected chi connectivity index (χ0v) is 20.8. The first-order valence-electron chi connectivity index (χ1n) is 11.7. The van der Waals surface area contributed by atoms with Crippen LogP contribution in [0.15, 0.2) is 76.7 Å². The van der Waals surface area contributed by atoms with Gasteiger partial charge in [0.15, 0.2) is 5.16 Å². The van der Waals surface area contributed by atoms with Crippen LogP contribution in [0, 0.1) is 6.92 Å². The molecule has 1 unspecified atom stereocenters. The molecule has 0 saturated carbocycles. The molecule has 5 rings (SSSR count). The molecule has 0 fully saturated rings. The Morgan fingerprint density at radius 2 is 1.80 bits per heavy atom. The lowest BCUT2D eigenvalue weighted by atomic mass is 10.00. The van der Waals surface area contributed by atoms with Crippen LogP contribution < -0.4 is 10.3 Å². The van der Waals surface area contributed by atoms with Crippen LogP contribution in [0.1, 0.15) is 23.6 Å². The summed E-state index contributed by atoms with van der Waals surface area (Å²) in [6, 6.07) is 21.3. The minimum absolute atomic E-state index is 0.0367. The lowest BCUT2D eigenvalue weighted by Crippen LogP contribution is -2.40. The predicted molar refractivity (Wildman–Crippen MR) is 140 cm³/mol. The smallest absolute Gasteiger partial charge is 0.266 e. The molecule has 7 heteroatoms. The number of aryl methyl sites for hydroxylation is 1. The molecule has 6 nitrogen and oxygen atoms in total. The number of nitrogens with zero attached hydrogens (tertiary/aromatic N) is 3. The number of carbonyl (C=O) groups is 1. The number of benzene rings is 3. The van der Waals surface area contributed by atoms with Crippen LogP contribution in [0.2, 0.25) is 0 Å². The van der Waals surface area contributed by atoms with Crippen molar-refractivity contribution in [3.63, 3.8) is 0 Å². The van der Waals surface area contributed by atoms with E-state index >= 15 is 0 Å². The molecular formula is C28H27N3O3S. The molecule has 3 aromatic carbocycles. The van der Waals surface area contributed by atoms with E-state index in [0.29, 0.717) is 40.6 Å². The van der Waals surface area contributed by atoms with Gasteiger partial charge in [-0.1, -0.05) is 54.2 Å². The molecule has 1 aliphatic rings. The molecule has 1 aromatic heterocycles. The van der Waals surface area contributed by atoms with Gasteiger partial charge in [-0.05, 0) is 61.2 Å². The van der Waals surface area contributed by atoms with E-state index in [-0.39, 0.29) is 11.5 Å². The average molecular weight is 486 g/mol. The monoisotopic (exact) mass is 485 g/mol. The zero-order chi connectivity index (χ0) is 24.5. The van der Waals surface area contributed by atoms with Crippen molar-refractivity contribution in [2.45, 2.75) is 37.2 Å². The van der Waals surface area contributed by atoms with Crippen LogP contribution in [-0.2, 0) is 17.8 Å².